The predicted octanol–water partition coefficient (Wildman–Crippen LogP) is 2.24. The van der Waals surface area contributed by atoms with Crippen LogP contribution >= 0.6 is 27.3 Å². The van der Waals surface area contributed by atoms with Crippen molar-refractivity contribution < 1.29 is 13.2 Å². The SMILES string of the molecule is Cn1c(=NC(=O)C2CCCCN2S(C)(=O)=O)sc2cc(Br)ccc21. The lowest BCUT2D eigenvalue weighted by Crippen LogP contribution is -2.47. The predicted molar refractivity (Wildman–Crippen MR) is 98.3 cm³/mol. The van der Waals surface area contributed by atoms with E-state index < -0.39 is 16.1 Å². The van der Waals surface area contributed by atoms with Crippen molar-refractivity contribution in [2.45, 2.75) is 25.3 Å². The van der Waals surface area contributed by atoms with E-state index in [-0.39, 0.29) is 5.91 Å². The molecule has 0 radical (unpaired) electrons. The Morgan fingerprint density at radius 3 is 2.83 bits per heavy atom. The van der Waals surface area contributed by atoms with Crippen LogP contribution in [0.5, 0.6) is 0 Å². The van der Waals surface area contributed by atoms with Crippen LogP contribution in [0.3, 0.4) is 0 Å². The number of fused-ring (bicyclic) bond motifs is 1. The first-order chi connectivity index (χ1) is 11.3. The number of benzene rings is 1. The monoisotopic (exact) mass is 431 g/mol. The first kappa shape index (κ1) is 17.8. The van der Waals surface area contributed by atoms with Gasteiger partial charge < -0.3 is 4.57 Å². The van der Waals surface area contributed by atoms with E-state index in [0.29, 0.717) is 17.8 Å². The van der Waals surface area contributed by atoms with Gasteiger partial charge in [0.05, 0.1) is 16.5 Å². The second kappa shape index (κ2) is 6.70. The third-order valence-corrected chi connectivity index (χ3v) is 7.02. The number of amides is 1. The van der Waals surface area contributed by atoms with Crippen molar-refractivity contribution >= 4 is 53.4 Å². The molecule has 130 valence electrons. The molecular weight excluding hydrogens is 414 g/mol. The number of halogens is 1. The maximum atomic E-state index is 12.6. The third-order valence-electron chi connectivity index (χ3n) is 4.14. The molecule has 0 bridgehead atoms. The average molecular weight is 432 g/mol. The molecule has 1 aromatic heterocycles. The van der Waals surface area contributed by atoms with Crippen molar-refractivity contribution in [2.75, 3.05) is 12.8 Å². The number of thiazole rings is 1. The van der Waals surface area contributed by atoms with Gasteiger partial charge in [0.1, 0.15) is 6.04 Å². The molecule has 9 heteroatoms. The zero-order valence-corrected chi connectivity index (χ0v) is 16.6. The lowest BCUT2D eigenvalue weighted by molar-refractivity contribution is -0.122. The van der Waals surface area contributed by atoms with E-state index in [2.05, 4.69) is 20.9 Å². The summed E-state index contributed by atoms with van der Waals surface area (Å²) in [4.78, 5) is 17.4. The number of piperidine rings is 1. The van der Waals surface area contributed by atoms with E-state index in [1.807, 2.05) is 29.8 Å². The zero-order valence-electron chi connectivity index (χ0n) is 13.4. The minimum atomic E-state index is -3.41. The molecule has 1 aromatic carbocycles. The summed E-state index contributed by atoms with van der Waals surface area (Å²) < 4.78 is 29.0. The number of nitrogens with zero attached hydrogens (tertiary/aromatic N) is 3. The van der Waals surface area contributed by atoms with Gasteiger partial charge in [-0.2, -0.15) is 9.30 Å². The molecule has 1 fully saturated rings. The molecule has 1 atom stereocenters. The van der Waals surface area contributed by atoms with Gasteiger partial charge in [0.25, 0.3) is 5.91 Å². The van der Waals surface area contributed by atoms with Crippen molar-refractivity contribution in [2.24, 2.45) is 12.0 Å². The summed E-state index contributed by atoms with van der Waals surface area (Å²) in [6.45, 7) is 0.385. The Bertz CT molecular complexity index is 962. The van der Waals surface area contributed by atoms with Gasteiger partial charge in [-0.05, 0) is 31.0 Å². The molecular formula is C15H18BrN3O3S2. The number of sulfonamides is 1. The second-order valence-electron chi connectivity index (χ2n) is 5.89. The highest BCUT2D eigenvalue weighted by Gasteiger charge is 2.34. The minimum absolute atomic E-state index is 0.385. The molecule has 2 heterocycles. The summed E-state index contributed by atoms with van der Waals surface area (Å²) in [6, 6.07) is 5.19. The molecule has 0 saturated carbocycles. The molecule has 1 aliphatic rings. The van der Waals surface area contributed by atoms with Gasteiger partial charge >= 0.3 is 0 Å². The first-order valence-corrected chi connectivity index (χ1v) is 11.0. The summed E-state index contributed by atoms with van der Waals surface area (Å²) in [7, 11) is -1.55. The number of carbonyl (C=O) groups excluding carboxylic acids is 1. The van der Waals surface area contributed by atoms with Gasteiger partial charge in [0, 0.05) is 18.1 Å². The van der Waals surface area contributed by atoms with Crippen LogP contribution in [0.25, 0.3) is 10.2 Å². The Hall–Kier alpha value is -1.03. The maximum Gasteiger partial charge on any atom is 0.266 e. The lowest BCUT2D eigenvalue weighted by atomic mass is 10.0. The van der Waals surface area contributed by atoms with Crippen LogP contribution in [0.2, 0.25) is 0 Å². The molecule has 3 rings (SSSR count). The number of hydrogen-bond acceptors (Lipinski definition) is 4. The smallest absolute Gasteiger partial charge is 0.266 e. The van der Waals surface area contributed by atoms with Crippen molar-refractivity contribution in [1.29, 1.82) is 0 Å². The quantitative estimate of drug-likeness (QED) is 0.731. The summed E-state index contributed by atoms with van der Waals surface area (Å²) in [5.41, 5.74) is 0.985. The molecule has 0 aliphatic carbocycles. The van der Waals surface area contributed by atoms with E-state index in [1.165, 1.54) is 15.6 Å². The molecule has 1 amide bonds. The maximum absolute atomic E-state index is 12.6. The fraction of sp³-hybridized carbons (Fsp3) is 0.467. The minimum Gasteiger partial charge on any atom is -0.319 e. The molecule has 1 saturated heterocycles. The summed E-state index contributed by atoms with van der Waals surface area (Å²) in [6.07, 6.45) is 3.29. The molecule has 24 heavy (non-hydrogen) atoms. The van der Waals surface area contributed by atoms with Crippen molar-refractivity contribution in [3.63, 3.8) is 0 Å². The van der Waals surface area contributed by atoms with Gasteiger partial charge in [0.2, 0.25) is 10.0 Å². The van der Waals surface area contributed by atoms with Gasteiger partial charge in [-0.25, -0.2) is 8.42 Å². The van der Waals surface area contributed by atoms with Crippen LogP contribution < -0.4 is 4.80 Å². The largest absolute Gasteiger partial charge is 0.319 e. The third kappa shape index (κ3) is 3.49. The zero-order chi connectivity index (χ0) is 17.5. The van der Waals surface area contributed by atoms with Crippen LogP contribution in [0.15, 0.2) is 27.7 Å². The molecule has 2 aromatic rings. The van der Waals surface area contributed by atoms with Crippen LogP contribution in [-0.2, 0) is 21.9 Å². The normalized spacial score (nSPS) is 20.6. The van der Waals surface area contributed by atoms with Crippen LogP contribution in [0.1, 0.15) is 19.3 Å². The number of aryl methyl sites for hydroxylation is 1. The van der Waals surface area contributed by atoms with Gasteiger partial charge in [0.15, 0.2) is 4.80 Å². The van der Waals surface area contributed by atoms with Crippen molar-refractivity contribution in [3.8, 4) is 0 Å². The number of hydrogen-bond donors (Lipinski definition) is 0. The van der Waals surface area contributed by atoms with E-state index >= 15 is 0 Å². The molecule has 6 nitrogen and oxygen atoms in total. The highest BCUT2D eigenvalue weighted by atomic mass is 79.9. The molecule has 0 N–H and O–H groups in total. The van der Waals surface area contributed by atoms with E-state index in [1.54, 1.807) is 0 Å². The molecule has 1 aliphatic heterocycles. The Labute approximate surface area is 153 Å². The Balaban J connectivity index is 2.01. The van der Waals surface area contributed by atoms with Crippen LogP contribution in [0, 0.1) is 0 Å². The van der Waals surface area contributed by atoms with Crippen molar-refractivity contribution in [3.05, 3.63) is 27.5 Å². The summed E-state index contributed by atoms with van der Waals surface area (Å²) >= 11 is 4.85. The first-order valence-electron chi connectivity index (χ1n) is 7.58. The van der Waals surface area contributed by atoms with Crippen LogP contribution in [0.4, 0.5) is 0 Å². The molecule has 0 spiro atoms. The Morgan fingerprint density at radius 1 is 1.38 bits per heavy atom. The topological polar surface area (TPSA) is 71.7 Å². The highest BCUT2D eigenvalue weighted by molar-refractivity contribution is 9.10. The number of rotatable bonds is 2. The average Bonchev–Trinajstić information content (AvgIpc) is 2.82. The van der Waals surface area contributed by atoms with Gasteiger partial charge in [-0.1, -0.05) is 33.7 Å². The van der Waals surface area contributed by atoms with Gasteiger partial charge in [-0.15, -0.1) is 0 Å². The van der Waals surface area contributed by atoms with Gasteiger partial charge in [-0.3, -0.25) is 4.79 Å². The fourth-order valence-corrected chi connectivity index (χ4v) is 5.63. The lowest BCUT2D eigenvalue weighted by Gasteiger charge is -2.31. The molecule has 1 unspecified atom stereocenters. The highest BCUT2D eigenvalue weighted by Crippen LogP contribution is 2.23. The number of aromatic nitrogens is 1. The van der Waals surface area contributed by atoms with E-state index in [4.69, 9.17) is 0 Å². The Kier molecular flexibility index (Phi) is 4.96. The fourth-order valence-electron chi connectivity index (χ4n) is 2.93. The standard InChI is InChI=1S/C15H18BrN3O3S2/c1-18-11-7-6-10(16)9-13(11)23-15(18)17-14(20)12-5-3-4-8-19(12)24(2,21)22/h6-7,9,12H,3-5,8H2,1-2H3. The number of carbonyl (C=O) groups is 1. The van der Waals surface area contributed by atoms with E-state index in [9.17, 15) is 13.2 Å². The van der Waals surface area contributed by atoms with E-state index in [0.717, 1.165) is 33.8 Å². The summed E-state index contributed by atoms with van der Waals surface area (Å²) in [5, 5.41) is 0. The second-order valence-corrected chi connectivity index (χ2v) is 9.75. The Morgan fingerprint density at radius 2 is 2.12 bits per heavy atom. The van der Waals surface area contributed by atoms with Crippen LogP contribution in [-0.4, -0.2) is 42.0 Å². The summed E-state index contributed by atoms with van der Waals surface area (Å²) in [5.74, 6) is -0.388. The van der Waals surface area contributed by atoms with Crippen molar-refractivity contribution in [1.82, 2.24) is 8.87 Å².